The maximum Gasteiger partial charge on any atom is 0.291 e. The van der Waals surface area contributed by atoms with E-state index in [1.807, 2.05) is 6.07 Å². The number of hydrogen-bond donors (Lipinski definition) is 1. The Morgan fingerprint density at radius 2 is 2.17 bits per heavy atom. The Morgan fingerprint density at radius 1 is 1.39 bits per heavy atom. The summed E-state index contributed by atoms with van der Waals surface area (Å²) in [5.41, 5.74) is 0.848. The molecule has 1 aromatic heterocycles. The average molecular weight is 305 g/mol. The fourth-order valence-electron chi connectivity index (χ4n) is 1.46. The van der Waals surface area contributed by atoms with E-state index in [0.717, 1.165) is 4.47 Å². The zero-order valence-electron chi connectivity index (χ0n) is 9.53. The van der Waals surface area contributed by atoms with Gasteiger partial charge < -0.3 is 9.73 Å². The Bertz CT molecular complexity index is 641. The molecule has 1 heterocycles. The summed E-state index contributed by atoms with van der Waals surface area (Å²) in [6, 6.07) is 10.4. The van der Waals surface area contributed by atoms with Gasteiger partial charge in [-0.1, -0.05) is 15.9 Å². The van der Waals surface area contributed by atoms with Gasteiger partial charge in [0.15, 0.2) is 5.76 Å². The number of halogens is 1. The molecule has 2 aromatic rings. The number of nitrogens with one attached hydrogen (secondary N) is 1. The van der Waals surface area contributed by atoms with Crippen molar-refractivity contribution in [2.24, 2.45) is 0 Å². The van der Waals surface area contributed by atoms with Crippen molar-refractivity contribution in [3.63, 3.8) is 0 Å². The van der Waals surface area contributed by atoms with E-state index in [1.165, 1.54) is 0 Å². The molecule has 1 N–H and O–H groups in total. The highest BCUT2D eigenvalue weighted by molar-refractivity contribution is 9.10. The van der Waals surface area contributed by atoms with Crippen molar-refractivity contribution in [1.82, 2.24) is 0 Å². The number of carbonyl (C=O) groups is 1. The molecule has 5 heteroatoms. The summed E-state index contributed by atoms with van der Waals surface area (Å²) in [4.78, 5) is 11.9. The van der Waals surface area contributed by atoms with Gasteiger partial charge in [0, 0.05) is 4.47 Å². The molecule has 0 aliphatic rings. The highest BCUT2D eigenvalue weighted by Gasteiger charge is 2.12. The second kappa shape index (κ2) is 5.07. The molecule has 1 aromatic carbocycles. The molecule has 0 bridgehead atoms. The lowest BCUT2D eigenvalue weighted by molar-refractivity contribution is 0.0995. The maximum absolute atomic E-state index is 11.9. The minimum Gasteiger partial charge on any atom is -0.456 e. The summed E-state index contributed by atoms with van der Waals surface area (Å²) in [7, 11) is 0. The largest absolute Gasteiger partial charge is 0.456 e. The highest BCUT2D eigenvalue weighted by Crippen LogP contribution is 2.21. The molecule has 0 aliphatic heterocycles. The van der Waals surface area contributed by atoms with Crippen LogP contribution in [0.5, 0.6) is 0 Å². The zero-order chi connectivity index (χ0) is 13.1. The number of anilines is 1. The van der Waals surface area contributed by atoms with Gasteiger partial charge >= 0.3 is 0 Å². The minimum atomic E-state index is -0.373. The van der Waals surface area contributed by atoms with Crippen LogP contribution in [0.4, 0.5) is 5.69 Å². The first-order chi connectivity index (χ1) is 8.60. The van der Waals surface area contributed by atoms with Gasteiger partial charge in [-0.25, -0.2) is 0 Å². The number of carbonyl (C=O) groups excluding carboxylic acids is 1. The lowest BCUT2D eigenvalue weighted by atomic mass is 10.2. The Morgan fingerprint density at radius 3 is 2.78 bits per heavy atom. The molecule has 90 valence electrons. The van der Waals surface area contributed by atoms with Crippen LogP contribution in [0, 0.1) is 18.3 Å². The molecule has 18 heavy (non-hydrogen) atoms. The van der Waals surface area contributed by atoms with Gasteiger partial charge in [0.2, 0.25) is 0 Å². The van der Waals surface area contributed by atoms with Crippen molar-refractivity contribution in [3.8, 4) is 6.07 Å². The van der Waals surface area contributed by atoms with E-state index in [4.69, 9.17) is 9.68 Å². The minimum absolute atomic E-state index is 0.222. The smallest absolute Gasteiger partial charge is 0.291 e. The van der Waals surface area contributed by atoms with E-state index in [-0.39, 0.29) is 11.7 Å². The first-order valence-corrected chi connectivity index (χ1v) is 5.97. The molecule has 0 saturated heterocycles. The second-order valence-corrected chi connectivity index (χ2v) is 4.58. The summed E-state index contributed by atoms with van der Waals surface area (Å²) in [6.45, 7) is 1.76. The van der Waals surface area contributed by atoms with Gasteiger partial charge in [-0.05, 0) is 37.3 Å². The van der Waals surface area contributed by atoms with Crippen LogP contribution in [0.1, 0.15) is 21.9 Å². The maximum atomic E-state index is 11.9. The number of nitrogens with zero attached hydrogens (tertiary/aromatic N) is 1. The SMILES string of the molecule is Cc1ccc(C(=O)Nc2ccc(Br)cc2C#N)o1. The fraction of sp³-hybridized carbons (Fsp3) is 0.0769. The van der Waals surface area contributed by atoms with Gasteiger partial charge in [0.05, 0.1) is 11.3 Å². The van der Waals surface area contributed by atoms with Crippen molar-refractivity contribution in [1.29, 1.82) is 5.26 Å². The van der Waals surface area contributed by atoms with Crippen molar-refractivity contribution < 1.29 is 9.21 Å². The van der Waals surface area contributed by atoms with Crippen molar-refractivity contribution >= 4 is 27.5 Å². The van der Waals surface area contributed by atoms with E-state index in [9.17, 15) is 4.79 Å². The molecule has 0 atom stereocenters. The van der Waals surface area contributed by atoms with Crippen molar-refractivity contribution in [2.75, 3.05) is 5.32 Å². The number of aryl methyl sites for hydroxylation is 1. The van der Waals surface area contributed by atoms with E-state index in [2.05, 4.69) is 21.2 Å². The average Bonchev–Trinajstić information content (AvgIpc) is 2.78. The van der Waals surface area contributed by atoms with Gasteiger partial charge in [-0.3, -0.25) is 4.79 Å². The Labute approximate surface area is 112 Å². The molecule has 0 aliphatic carbocycles. The van der Waals surface area contributed by atoms with Crippen LogP contribution in [0.3, 0.4) is 0 Å². The molecular formula is C13H9BrN2O2. The van der Waals surface area contributed by atoms with Gasteiger partial charge in [0.1, 0.15) is 11.8 Å². The lowest BCUT2D eigenvalue weighted by Crippen LogP contribution is -2.11. The van der Waals surface area contributed by atoms with E-state index in [0.29, 0.717) is 17.0 Å². The van der Waals surface area contributed by atoms with E-state index in [1.54, 1.807) is 37.3 Å². The first kappa shape index (κ1) is 12.4. The Kier molecular flexibility index (Phi) is 3.49. The molecule has 2 rings (SSSR count). The number of hydrogen-bond acceptors (Lipinski definition) is 3. The lowest BCUT2D eigenvalue weighted by Gasteiger charge is -2.05. The van der Waals surface area contributed by atoms with Gasteiger partial charge in [0.25, 0.3) is 5.91 Å². The number of amides is 1. The standard InChI is InChI=1S/C13H9BrN2O2/c1-8-2-5-12(18-8)13(17)16-11-4-3-10(14)6-9(11)7-15/h2-6H,1H3,(H,16,17). The third-order valence-electron chi connectivity index (χ3n) is 2.31. The molecule has 0 spiro atoms. The van der Waals surface area contributed by atoms with Gasteiger partial charge in [-0.2, -0.15) is 5.26 Å². The summed E-state index contributed by atoms with van der Waals surface area (Å²) in [5, 5.41) is 11.6. The predicted octanol–water partition coefficient (Wildman–Crippen LogP) is 3.47. The zero-order valence-corrected chi connectivity index (χ0v) is 11.1. The van der Waals surface area contributed by atoms with E-state index < -0.39 is 0 Å². The molecular weight excluding hydrogens is 296 g/mol. The second-order valence-electron chi connectivity index (χ2n) is 3.67. The Hall–Kier alpha value is -2.06. The molecule has 0 radical (unpaired) electrons. The molecule has 0 unspecified atom stereocenters. The number of rotatable bonds is 2. The van der Waals surface area contributed by atoms with Crippen LogP contribution in [0.2, 0.25) is 0 Å². The highest BCUT2D eigenvalue weighted by atomic mass is 79.9. The van der Waals surface area contributed by atoms with Crippen LogP contribution in [-0.2, 0) is 0 Å². The number of furan rings is 1. The van der Waals surface area contributed by atoms with Crippen LogP contribution in [0.15, 0.2) is 39.2 Å². The summed E-state index contributed by atoms with van der Waals surface area (Å²) in [6.07, 6.45) is 0. The van der Waals surface area contributed by atoms with Gasteiger partial charge in [-0.15, -0.1) is 0 Å². The first-order valence-electron chi connectivity index (χ1n) is 5.17. The van der Waals surface area contributed by atoms with Crippen LogP contribution < -0.4 is 5.32 Å². The quantitative estimate of drug-likeness (QED) is 0.923. The third kappa shape index (κ3) is 2.60. The fourth-order valence-corrected chi connectivity index (χ4v) is 1.82. The van der Waals surface area contributed by atoms with Crippen LogP contribution >= 0.6 is 15.9 Å². The van der Waals surface area contributed by atoms with E-state index >= 15 is 0 Å². The molecule has 0 fully saturated rings. The van der Waals surface area contributed by atoms with Crippen molar-refractivity contribution in [2.45, 2.75) is 6.92 Å². The summed E-state index contributed by atoms with van der Waals surface area (Å²) in [5.74, 6) is 0.512. The monoisotopic (exact) mass is 304 g/mol. The molecule has 0 saturated carbocycles. The molecule has 4 nitrogen and oxygen atoms in total. The summed E-state index contributed by atoms with van der Waals surface area (Å²) >= 11 is 3.27. The number of nitriles is 1. The van der Waals surface area contributed by atoms with Crippen LogP contribution in [-0.4, -0.2) is 5.91 Å². The van der Waals surface area contributed by atoms with Crippen LogP contribution in [0.25, 0.3) is 0 Å². The summed E-state index contributed by atoms with van der Waals surface area (Å²) < 4.78 is 5.99. The Balaban J connectivity index is 2.25. The normalized spacial score (nSPS) is 9.83. The van der Waals surface area contributed by atoms with Crippen molar-refractivity contribution in [3.05, 3.63) is 51.9 Å². The predicted molar refractivity (Wildman–Crippen MR) is 70.3 cm³/mol. The number of benzene rings is 1. The third-order valence-corrected chi connectivity index (χ3v) is 2.81. The topological polar surface area (TPSA) is 66.0 Å². The molecule has 1 amide bonds.